The molecule has 0 aliphatic heterocycles. The zero-order chi connectivity index (χ0) is 11.0. The molecule has 1 aliphatic rings. The molecule has 2 aromatic rings. The van der Waals surface area contributed by atoms with Gasteiger partial charge in [-0.05, 0) is 46.8 Å². The number of hydrogen-bond acceptors (Lipinski definition) is 3. The lowest BCUT2D eigenvalue weighted by atomic mass is 10.2. The molecule has 4 heteroatoms. The first-order valence-corrected chi connectivity index (χ1v) is 6.26. The SMILES string of the molecule is Brc1cnc2c(NCC3CC3)ccnc2c1. The third kappa shape index (κ3) is 2.02. The topological polar surface area (TPSA) is 37.8 Å². The van der Waals surface area contributed by atoms with Crippen molar-refractivity contribution in [3.8, 4) is 0 Å². The van der Waals surface area contributed by atoms with Crippen molar-refractivity contribution in [1.29, 1.82) is 0 Å². The highest BCUT2D eigenvalue weighted by atomic mass is 79.9. The van der Waals surface area contributed by atoms with Crippen LogP contribution in [0.5, 0.6) is 0 Å². The van der Waals surface area contributed by atoms with Gasteiger partial charge in [-0.1, -0.05) is 0 Å². The highest BCUT2D eigenvalue weighted by Gasteiger charge is 2.20. The number of rotatable bonds is 3. The molecule has 0 aromatic carbocycles. The van der Waals surface area contributed by atoms with Crippen LogP contribution < -0.4 is 5.32 Å². The van der Waals surface area contributed by atoms with Gasteiger partial charge in [-0.15, -0.1) is 0 Å². The second kappa shape index (κ2) is 4.01. The summed E-state index contributed by atoms with van der Waals surface area (Å²) in [6.07, 6.45) is 6.35. The van der Waals surface area contributed by atoms with Crippen LogP contribution in [0.1, 0.15) is 12.8 Å². The third-order valence-corrected chi connectivity index (χ3v) is 3.26. The molecule has 0 amide bonds. The zero-order valence-electron chi connectivity index (χ0n) is 8.78. The van der Waals surface area contributed by atoms with E-state index in [1.54, 1.807) is 0 Å². The molecule has 2 heterocycles. The van der Waals surface area contributed by atoms with Crippen molar-refractivity contribution in [3.63, 3.8) is 0 Å². The molecule has 16 heavy (non-hydrogen) atoms. The van der Waals surface area contributed by atoms with Crippen LogP contribution in [0.25, 0.3) is 11.0 Å². The number of aromatic nitrogens is 2. The van der Waals surface area contributed by atoms with Gasteiger partial charge in [0.1, 0.15) is 5.52 Å². The first-order valence-electron chi connectivity index (χ1n) is 5.47. The van der Waals surface area contributed by atoms with Gasteiger partial charge in [0.2, 0.25) is 0 Å². The minimum atomic E-state index is 0.860. The van der Waals surface area contributed by atoms with Gasteiger partial charge in [0.05, 0.1) is 11.2 Å². The maximum Gasteiger partial charge on any atom is 0.112 e. The Kier molecular flexibility index (Phi) is 2.52. The quantitative estimate of drug-likeness (QED) is 0.936. The maximum atomic E-state index is 4.41. The van der Waals surface area contributed by atoms with Crippen molar-refractivity contribution in [1.82, 2.24) is 9.97 Å². The average molecular weight is 278 g/mol. The van der Waals surface area contributed by atoms with Crippen LogP contribution in [-0.2, 0) is 0 Å². The van der Waals surface area contributed by atoms with Crippen LogP contribution in [0.2, 0.25) is 0 Å². The van der Waals surface area contributed by atoms with E-state index in [1.165, 1.54) is 12.8 Å². The average Bonchev–Trinajstić information content (AvgIpc) is 3.09. The predicted molar refractivity (Wildman–Crippen MR) is 68.5 cm³/mol. The highest BCUT2D eigenvalue weighted by Crippen LogP contribution is 2.30. The molecule has 1 N–H and O–H groups in total. The van der Waals surface area contributed by atoms with E-state index in [2.05, 4.69) is 31.2 Å². The zero-order valence-corrected chi connectivity index (χ0v) is 10.4. The second-order valence-corrected chi connectivity index (χ2v) is 5.12. The molecule has 2 aromatic heterocycles. The summed E-state index contributed by atoms with van der Waals surface area (Å²) in [5.41, 5.74) is 2.96. The molecular formula is C12H12BrN3. The fourth-order valence-corrected chi connectivity index (χ4v) is 2.04. The standard InChI is InChI=1S/C12H12BrN3/c13-9-5-11-12(16-7-9)10(3-4-14-11)15-6-8-1-2-8/h3-5,7-8H,1-2,6H2,(H,14,15). The molecule has 3 rings (SSSR count). The third-order valence-electron chi connectivity index (χ3n) is 2.82. The molecule has 0 saturated heterocycles. The Hall–Kier alpha value is -1.16. The number of anilines is 1. The number of halogens is 1. The van der Waals surface area contributed by atoms with Crippen molar-refractivity contribution in [3.05, 3.63) is 29.0 Å². The van der Waals surface area contributed by atoms with Gasteiger partial charge in [0.15, 0.2) is 0 Å². The first kappa shape index (κ1) is 10.0. The molecule has 0 bridgehead atoms. The maximum absolute atomic E-state index is 4.41. The Morgan fingerprint density at radius 1 is 1.38 bits per heavy atom. The Morgan fingerprint density at radius 3 is 3.06 bits per heavy atom. The minimum Gasteiger partial charge on any atom is -0.383 e. The highest BCUT2D eigenvalue weighted by molar-refractivity contribution is 9.10. The lowest BCUT2D eigenvalue weighted by molar-refractivity contribution is 0.890. The molecule has 1 fully saturated rings. The van der Waals surface area contributed by atoms with E-state index in [4.69, 9.17) is 0 Å². The molecule has 1 saturated carbocycles. The minimum absolute atomic E-state index is 0.860. The lowest BCUT2D eigenvalue weighted by Gasteiger charge is -2.07. The van der Waals surface area contributed by atoms with E-state index in [-0.39, 0.29) is 0 Å². The fourth-order valence-electron chi connectivity index (χ4n) is 1.72. The summed E-state index contributed by atoms with van der Waals surface area (Å²) >= 11 is 3.41. The first-order chi connectivity index (χ1) is 7.83. The van der Waals surface area contributed by atoms with Crippen LogP contribution in [0.4, 0.5) is 5.69 Å². The van der Waals surface area contributed by atoms with Crippen LogP contribution in [0.3, 0.4) is 0 Å². The summed E-state index contributed by atoms with van der Waals surface area (Å²) in [6, 6.07) is 3.98. The fraction of sp³-hybridized carbons (Fsp3) is 0.333. The number of hydrogen-bond donors (Lipinski definition) is 1. The van der Waals surface area contributed by atoms with Gasteiger partial charge in [-0.3, -0.25) is 9.97 Å². The summed E-state index contributed by atoms with van der Waals surface area (Å²) in [5, 5.41) is 3.45. The van der Waals surface area contributed by atoms with Crippen LogP contribution in [0, 0.1) is 5.92 Å². The smallest absolute Gasteiger partial charge is 0.112 e. The van der Waals surface area contributed by atoms with Crippen LogP contribution in [-0.4, -0.2) is 16.5 Å². The van der Waals surface area contributed by atoms with Gasteiger partial charge in [0.25, 0.3) is 0 Å². The molecule has 0 spiro atoms. The van der Waals surface area contributed by atoms with Crippen molar-refractivity contribution in [2.24, 2.45) is 5.92 Å². The van der Waals surface area contributed by atoms with Crippen LogP contribution >= 0.6 is 15.9 Å². The molecule has 1 aliphatic carbocycles. The number of pyridine rings is 2. The number of fused-ring (bicyclic) bond motifs is 1. The van der Waals surface area contributed by atoms with E-state index in [1.807, 2.05) is 24.5 Å². The Bertz CT molecular complexity index is 523. The summed E-state index contributed by atoms with van der Waals surface area (Å²) in [6.45, 7) is 1.05. The van der Waals surface area contributed by atoms with E-state index in [9.17, 15) is 0 Å². The summed E-state index contributed by atoms with van der Waals surface area (Å²) in [5.74, 6) is 0.860. The molecular weight excluding hydrogens is 266 g/mol. The monoisotopic (exact) mass is 277 g/mol. The van der Waals surface area contributed by atoms with Gasteiger partial charge < -0.3 is 5.32 Å². The Balaban J connectivity index is 1.95. The summed E-state index contributed by atoms with van der Waals surface area (Å²) in [4.78, 5) is 8.72. The Labute approximate surface area is 102 Å². The van der Waals surface area contributed by atoms with Crippen LogP contribution in [0.15, 0.2) is 29.0 Å². The second-order valence-electron chi connectivity index (χ2n) is 4.20. The molecule has 0 radical (unpaired) electrons. The van der Waals surface area contributed by atoms with Gasteiger partial charge in [-0.2, -0.15) is 0 Å². The largest absolute Gasteiger partial charge is 0.383 e. The van der Waals surface area contributed by atoms with Crippen molar-refractivity contribution in [2.75, 3.05) is 11.9 Å². The molecule has 0 atom stereocenters. The van der Waals surface area contributed by atoms with Gasteiger partial charge in [-0.25, -0.2) is 0 Å². The molecule has 82 valence electrons. The van der Waals surface area contributed by atoms with E-state index in [0.29, 0.717) is 0 Å². The van der Waals surface area contributed by atoms with E-state index in [0.717, 1.165) is 33.7 Å². The van der Waals surface area contributed by atoms with Gasteiger partial charge >= 0.3 is 0 Å². The molecule has 0 unspecified atom stereocenters. The molecule has 3 nitrogen and oxygen atoms in total. The predicted octanol–water partition coefficient (Wildman–Crippen LogP) is 3.21. The van der Waals surface area contributed by atoms with Gasteiger partial charge in [0, 0.05) is 23.4 Å². The summed E-state index contributed by atoms with van der Waals surface area (Å²) in [7, 11) is 0. The van der Waals surface area contributed by atoms with E-state index >= 15 is 0 Å². The van der Waals surface area contributed by atoms with Crippen molar-refractivity contribution in [2.45, 2.75) is 12.8 Å². The summed E-state index contributed by atoms with van der Waals surface area (Å²) < 4.78 is 0.965. The van der Waals surface area contributed by atoms with Crippen molar-refractivity contribution < 1.29 is 0 Å². The number of nitrogens with one attached hydrogen (secondary N) is 1. The lowest BCUT2D eigenvalue weighted by Crippen LogP contribution is -2.04. The Morgan fingerprint density at radius 2 is 2.25 bits per heavy atom. The number of nitrogens with zero attached hydrogens (tertiary/aromatic N) is 2. The normalized spacial score (nSPS) is 15.3. The van der Waals surface area contributed by atoms with E-state index < -0.39 is 0 Å². The van der Waals surface area contributed by atoms with Crippen molar-refractivity contribution >= 4 is 32.7 Å².